The number of aromatic carboxylic acids is 1. The van der Waals surface area contributed by atoms with Crippen LogP contribution < -0.4 is 4.74 Å². The van der Waals surface area contributed by atoms with Crippen LogP contribution in [0.15, 0.2) is 24.3 Å². The minimum Gasteiger partial charge on any atom is -0.477 e. The van der Waals surface area contributed by atoms with Crippen molar-refractivity contribution in [3.8, 4) is 11.8 Å². The maximum Gasteiger partial charge on any atom is 0.354 e. The van der Waals surface area contributed by atoms with Gasteiger partial charge in [0.05, 0.1) is 0 Å². The largest absolute Gasteiger partial charge is 0.477 e. The van der Waals surface area contributed by atoms with Crippen LogP contribution in [0.5, 0.6) is 11.8 Å². The molecule has 21 heavy (non-hydrogen) atoms. The van der Waals surface area contributed by atoms with Crippen LogP contribution >= 0.6 is 0 Å². The van der Waals surface area contributed by atoms with Gasteiger partial charge in [0.15, 0.2) is 5.69 Å². The minimum atomic E-state index is -1.09. The van der Waals surface area contributed by atoms with Crippen molar-refractivity contribution in [2.75, 3.05) is 0 Å². The number of rotatable bonds is 3. The van der Waals surface area contributed by atoms with Crippen molar-refractivity contribution in [1.82, 2.24) is 9.97 Å². The number of aromatic nitrogens is 2. The third-order valence-corrected chi connectivity index (χ3v) is 3.58. The molecule has 3 rings (SSSR count). The van der Waals surface area contributed by atoms with Gasteiger partial charge in [0.2, 0.25) is 0 Å². The highest BCUT2D eigenvalue weighted by Gasteiger charge is 2.13. The second-order valence-corrected chi connectivity index (χ2v) is 5.22. The van der Waals surface area contributed by atoms with Gasteiger partial charge in [0, 0.05) is 5.69 Å². The molecule has 0 aliphatic heterocycles. The second-order valence-electron chi connectivity index (χ2n) is 5.22. The van der Waals surface area contributed by atoms with Gasteiger partial charge in [-0.2, -0.15) is 4.98 Å². The van der Waals surface area contributed by atoms with Crippen molar-refractivity contribution in [3.63, 3.8) is 0 Å². The number of aryl methyl sites for hydroxylation is 3. The van der Waals surface area contributed by atoms with E-state index in [1.54, 1.807) is 6.92 Å². The molecule has 5 heteroatoms. The normalized spacial score (nSPS) is 13.6. The lowest BCUT2D eigenvalue weighted by atomic mass is 9.92. The molecule has 5 nitrogen and oxygen atoms in total. The average Bonchev–Trinajstić information content (AvgIpc) is 2.46. The van der Waals surface area contributed by atoms with Gasteiger partial charge in [-0.05, 0) is 61.9 Å². The lowest BCUT2D eigenvalue weighted by Crippen LogP contribution is -2.05. The van der Waals surface area contributed by atoms with E-state index in [1.165, 1.54) is 30.0 Å². The standard InChI is InChI=1S/C16H16N2O3/c1-10-8-14(15(19)20)18-16(17-10)21-13-7-6-11-4-2-3-5-12(11)9-13/h6-9H,2-5H2,1H3,(H,19,20). The third kappa shape index (κ3) is 3.02. The number of carbonyl (C=O) groups is 1. The van der Waals surface area contributed by atoms with Crippen molar-refractivity contribution in [3.05, 3.63) is 46.8 Å². The lowest BCUT2D eigenvalue weighted by molar-refractivity contribution is 0.0689. The molecule has 0 atom stereocenters. The Bertz CT molecular complexity index is 698. The molecule has 0 unspecified atom stereocenters. The summed E-state index contributed by atoms with van der Waals surface area (Å²) >= 11 is 0. The lowest BCUT2D eigenvalue weighted by Gasteiger charge is -2.16. The maximum absolute atomic E-state index is 11.0. The van der Waals surface area contributed by atoms with E-state index in [0.29, 0.717) is 11.4 Å². The molecule has 0 saturated carbocycles. The molecule has 0 saturated heterocycles. The molecular weight excluding hydrogens is 268 g/mol. The van der Waals surface area contributed by atoms with Crippen molar-refractivity contribution >= 4 is 5.97 Å². The van der Waals surface area contributed by atoms with Gasteiger partial charge in [0.1, 0.15) is 5.75 Å². The van der Waals surface area contributed by atoms with Crippen LogP contribution in [0, 0.1) is 6.92 Å². The van der Waals surface area contributed by atoms with Crippen molar-refractivity contribution < 1.29 is 14.6 Å². The summed E-state index contributed by atoms with van der Waals surface area (Å²) in [5, 5.41) is 9.01. The molecule has 0 bridgehead atoms. The van der Waals surface area contributed by atoms with Crippen LogP contribution in [0.25, 0.3) is 0 Å². The number of ether oxygens (including phenoxy) is 1. The predicted octanol–water partition coefficient (Wildman–Crippen LogP) is 3.15. The highest BCUT2D eigenvalue weighted by atomic mass is 16.5. The molecule has 1 heterocycles. The van der Waals surface area contributed by atoms with Gasteiger partial charge in [-0.25, -0.2) is 9.78 Å². The monoisotopic (exact) mass is 284 g/mol. The molecule has 108 valence electrons. The fraction of sp³-hybridized carbons (Fsp3) is 0.312. The van der Waals surface area contributed by atoms with E-state index >= 15 is 0 Å². The van der Waals surface area contributed by atoms with Gasteiger partial charge in [-0.3, -0.25) is 0 Å². The van der Waals surface area contributed by atoms with E-state index in [4.69, 9.17) is 9.84 Å². The molecule has 1 aromatic heterocycles. The van der Waals surface area contributed by atoms with Crippen LogP contribution in [0.3, 0.4) is 0 Å². The zero-order valence-corrected chi connectivity index (χ0v) is 11.8. The predicted molar refractivity (Wildman–Crippen MR) is 76.9 cm³/mol. The molecule has 1 aromatic carbocycles. The minimum absolute atomic E-state index is 0.0598. The molecule has 0 fully saturated rings. The smallest absolute Gasteiger partial charge is 0.354 e. The van der Waals surface area contributed by atoms with Crippen LogP contribution in [0.4, 0.5) is 0 Å². The molecule has 1 N–H and O–H groups in total. The first kappa shape index (κ1) is 13.5. The van der Waals surface area contributed by atoms with Gasteiger partial charge < -0.3 is 9.84 Å². The summed E-state index contributed by atoms with van der Waals surface area (Å²) in [7, 11) is 0. The molecule has 0 spiro atoms. The van der Waals surface area contributed by atoms with Gasteiger partial charge in [0.25, 0.3) is 0 Å². The summed E-state index contributed by atoms with van der Waals surface area (Å²) < 4.78 is 5.63. The second kappa shape index (κ2) is 5.52. The molecule has 0 amide bonds. The molecule has 1 aliphatic carbocycles. The quantitative estimate of drug-likeness (QED) is 0.937. The van der Waals surface area contributed by atoms with Gasteiger partial charge >= 0.3 is 12.0 Å². The van der Waals surface area contributed by atoms with Gasteiger partial charge in [-0.1, -0.05) is 6.07 Å². The Morgan fingerprint density at radius 3 is 2.67 bits per heavy atom. The Morgan fingerprint density at radius 1 is 1.14 bits per heavy atom. The van der Waals surface area contributed by atoms with E-state index < -0.39 is 5.97 Å². The number of carboxylic acid groups (broad SMARTS) is 1. The Balaban J connectivity index is 1.88. The zero-order chi connectivity index (χ0) is 14.8. The topological polar surface area (TPSA) is 72.3 Å². The Hall–Kier alpha value is -2.43. The summed E-state index contributed by atoms with van der Waals surface area (Å²) in [5.41, 5.74) is 3.17. The van der Waals surface area contributed by atoms with E-state index in [0.717, 1.165) is 12.8 Å². The summed E-state index contributed by atoms with van der Waals surface area (Å²) in [4.78, 5) is 19.0. The van der Waals surface area contributed by atoms with Crippen LogP contribution in [0.2, 0.25) is 0 Å². The van der Waals surface area contributed by atoms with Crippen LogP contribution in [-0.2, 0) is 12.8 Å². The number of hydrogen-bond acceptors (Lipinski definition) is 4. The zero-order valence-electron chi connectivity index (χ0n) is 11.8. The average molecular weight is 284 g/mol. The Labute approximate surface area is 122 Å². The number of hydrogen-bond donors (Lipinski definition) is 1. The summed E-state index contributed by atoms with van der Waals surface area (Å²) in [6, 6.07) is 7.44. The first-order valence-corrected chi connectivity index (χ1v) is 7.00. The molecule has 1 aliphatic rings. The Kier molecular flexibility index (Phi) is 3.56. The Morgan fingerprint density at radius 2 is 1.90 bits per heavy atom. The van der Waals surface area contributed by atoms with Crippen molar-refractivity contribution in [2.24, 2.45) is 0 Å². The molecule has 2 aromatic rings. The van der Waals surface area contributed by atoms with E-state index in [1.807, 2.05) is 12.1 Å². The first-order chi connectivity index (χ1) is 10.1. The summed E-state index contributed by atoms with van der Waals surface area (Å²) in [6.07, 6.45) is 4.60. The fourth-order valence-electron chi connectivity index (χ4n) is 2.58. The highest BCUT2D eigenvalue weighted by Crippen LogP contribution is 2.27. The molecule has 0 radical (unpaired) electrons. The van der Waals surface area contributed by atoms with E-state index in [-0.39, 0.29) is 11.7 Å². The van der Waals surface area contributed by atoms with Crippen molar-refractivity contribution in [1.29, 1.82) is 0 Å². The van der Waals surface area contributed by atoms with Gasteiger partial charge in [-0.15, -0.1) is 0 Å². The van der Waals surface area contributed by atoms with Crippen molar-refractivity contribution in [2.45, 2.75) is 32.6 Å². The summed E-state index contributed by atoms with van der Waals surface area (Å²) in [6.45, 7) is 1.72. The molecular formula is C16H16N2O3. The fourth-order valence-corrected chi connectivity index (χ4v) is 2.58. The maximum atomic E-state index is 11.0. The van der Waals surface area contributed by atoms with E-state index in [9.17, 15) is 4.79 Å². The SMILES string of the molecule is Cc1cc(C(=O)O)nc(Oc2ccc3c(c2)CCCC3)n1. The third-order valence-electron chi connectivity index (χ3n) is 3.58. The van der Waals surface area contributed by atoms with Crippen LogP contribution in [0.1, 0.15) is 40.2 Å². The van der Waals surface area contributed by atoms with E-state index in [2.05, 4.69) is 16.0 Å². The summed E-state index contributed by atoms with van der Waals surface area (Å²) in [5.74, 6) is -0.437. The number of fused-ring (bicyclic) bond motifs is 1. The number of nitrogens with zero attached hydrogens (tertiary/aromatic N) is 2. The number of benzene rings is 1. The first-order valence-electron chi connectivity index (χ1n) is 7.00. The highest BCUT2D eigenvalue weighted by molar-refractivity contribution is 5.85. The van der Waals surface area contributed by atoms with Crippen LogP contribution in [-0.4, -0.2) is 21.0 Å². The number of carboxylic acids is 1.